The van der Waals surface area contributed by atoms with Gasteiger partial charge in [-0.15, -0.1) is 0 Å². The van der Waals surface area contributed by atoms with Gasteiger partial charge in [-0.1, -0.05) is 31.5 Å². The molecule has 3 heteroatoms. The van der Waals surface area contributed by atoms with Gasteiger partial charge in [0.15, 0.2) is 0 Å². The molecule has 1 fully saturated rings. The summed E-state index contributed by atoms with van der Waals surface area (Å²) in [5, 5.41) is 3.71. The lowest BCUT2D eigenvalue weighted by atomic mass is 10.0. The van der Waals surface area contributed by atoms with Crippen LogP contribution in [0.25, 0.3) is 0 Å². The second kappa shape index (κ2) is 9.06. The van der Waals surface area contributed by atoms with E-state index in [9.17, 15) is 0 Å². The minimum absolute atomic E-state index is 0.651. The average Bonchev–Trinajstić information content (AvgIpc) is 2.53. The Morgan fingerprint density at radius 1 is 1.19 bits per heavy atom. The molecule has 0 saturated carbocycles. The number of nitrogens with zero attached hydrogens (tertiary/aromatic N) is 1. The molecule has 2 rings (SSSR count). The van der Waals surface area contributed by atoms with E-state index < -0.39 is 0 Å². The lowest BCUT2D eigenvalue weighted by Gasteiger charge is -2.32. The van der Waals surface area contributed by atoms with Gasteiger partial charge in [0.25, 0.3) is 0 Å². The molecule has 0 amide bonds. The van der Waals surface area contributed by atoms with Crippen LogP contribution in [0.4, 0.5) is 0 Å². The predicted octanol–water partition coefficient (Wildman–Crippen LogP) is 3.44. The van der Waals surface area contributed by atoms with Crippen molar-refractivity contribution in [3.8, 4) is 5.75 Å². The van der Waals surface area contributed by atoms with E-state index >= 15 is 0 Å². The van der Waals surface area contributed by atoms with Crippen molar-refractivity contribution >= 4 is 0 Å². The highest BCUT2D eigenvalue weighted by atomic mass is 16.5. The van der Waals surface area contributed by atoms with Gasteiger partial charge < -0.3 is 15.0 Å². The number of ether oxygens (including phenoxy) is 1. The van der Waals surface area contributed by atoms with Crippen LogP contribution in [0.15, 0.2) is 24.3 Å². The normalized spacial score (nSPS) is 17.0. The van der Waals surface area contributed by atoms with E-state index in [1.165, 1.54) is 50.9 Å². The highest BCUT2D eigenvalue weighted by Gasteiger charge is 2.18. The third-order valence-corrected chi connectivity index (χ3v) is 4.27. The van der Waals surface area contributed by atoms with Crippen LogP contribution in [-0.2, 0) is 6.54 Å². The first kappa shape index (κ1) is 16.3. The molecule has 3 nitrogen and oxygen atoms in total. The topological polar surface area (TPSA) is 24.5 Å². The van der Waals surface area contributed by atoms with E-state index in [0.717, 1.165) is 18.9 Å². The molecule has 0 atom stereocenters. The molecule has 1 aliphatic rings. The third kappa shape index (κ3) is 5.33. The van der Waals surface area contributed by atoms with Gasteiger partial charge in [0, 0.05) is 18.2 Å². The van der Waals surface area contributed by atoms with E-state index in [1.54, 1.807) is 0 Å². The van der Waals surface area contributed by atoms with Crippen LogP contribution in [0.5, 0.6) is 5.75 Å². The van der Waals surface area contributed by atoms with Crippen molar-refractivity contribution in [2.24, 2.45) is 0 Å². The van der Waals surface area contributed by atoms with Crippen LogP contribution in [0.2, 0.25) is 0 Å². The van der Waals surface area contributed by atoms with Gasteiger partial charge in [0.1, 0.15) is 5.75 Å². The van der Waals surface area contributed by atoms with Crippen LogP contribution < -0.4 is 10.1 Å². The first-order valence-corrected chi connectivity index (χ1v) is 8.50. The van der Waals surface area contributed by atoms with Gasteiger partial charge in [0.2, 0.25) is 0 Å². The van der Waals surface area contributed by atoms with E-state index in [1.807, 2.05) is 13.0 Å². The zero-order chi connectivity index (χ0) is 14.9. The van der Waals surface area contributed by atoms with Gasteiger partial charge in [0.05, 0.1) is 6.61 Å². The van der Waals surface area contributed by atoms with Crippen LogP contribution in [0, 0.1) is 0 Å². The Morgan fingerprint density at radius 2 is 1.95 bits per heavy atom. The van der Waals surface area contributed by atoms with Crippen molar-refractivity contribution in [1.29, 1.82) is 0 Å². The van der Waals surface area contributed by atoms with Crippen LogP contribution in [0.3, 0.4) is 0 Å². The quantitative estimate of drug-likeness (QED) is 0.794. The minimum atomic E-state index is 0.651. The minimum Gasteiger partial charge on any atom is -0.494 e. The molecule has 1 aliphatic heterocycles. The Kier molecular flexibility index (Phi) is 7.04. The molecule has 1 N–H and O–H groups in total. The molecule has 0 radical (unpaired) electrons. The number of unbranched alkanes of at least 4 members (excludes halogenated alkanes) is 1. The zero-order valence-electron chi connectivity index (χ0n) is 13.6. The number of hydrogen-bond acceptors (Lipinski definition) is 3. The van der Waals surface area contributed by atoms with Gasteiger partial charge in [-0.2, -0.15) is 0 Å². The smallest absolute Gasteiger partial charge is 0.123 e. The molecule has 0 aromatic heterocycles. The summed E-state index contributed by atoms with van der Waals surface area (Å²) in [5.41, 5.74) is 1.27. The molecule has 1 heterocycles. The fourth-order valence-corrected chi connectivity index (χ4v) is 2.94. The van der Waals surface area contributed by atoms with Crippen molar-refractivity contribution in [2.75, 3.05) is 26.2 Å². The standard InChI is InChI=1S/C18H30N2O/c1-3-5-12-20-13-10-17(11-14-20)19-15-16-8-6-7-9-18(16)21-4-2/h6-9,17,19H,3-5,10-15H2,1-2H3. The largest absolute Gasteiger partial charge is 0.494 e. The predicted molar refractivity (Wildman–Crippen MR) is 88.8 cm³/mol. The molecule has 0 unspecified atom stereocenters. The summed E-state index contributed by atoms with van der Waals surface area (Å²) in [6.45, 7) is 9.70. The summed E-state index contributed by atoms with van der Waals surface area (Å²) in [6, 6.07) is 9.01. The molecule has 1 aromatic carbocycles. The fourth-order valence-electron chi connectivity index (χ4n) is 2.94. The summed E-state index contributed by atoms with van der Waals surface area (Å²) < 4.78 is 5.69. The average molecular weight is 290 g/mol. The van der Waals surface area contributed by atoms with E-state index in [2.05, 4.69) is 35.3 Å². The molecule has 0 spiro atoms. The summed E-state index contributed by atoms with van der Waals surface area (Å²) in [4.78, 5) is 2.61. The van der Waals surface area contributed by atoms with Crippen molar-refractivity contribution in [1.82, 2.24) is 10.2 Å². The highest BCUT2D eigenvalue weighted by molar-refractivity contribution is 5.33. The van der Waals surface area contributed by atoms with Gasteiger partial charge in [-0.3, -0.25) is 0 Å². The number of nitrogens with one attached hydrogen (secondary N) is 1. The SMILES string of the molecule is CCCCN1CCC(NCc2ccccc2OCC)CC1. The molecule has 0 bridgehead atoms. The molecular formula is C18H30N2O. The summed E-state index contributed by atoms with van der Waals surface area (Å²) in [5.74, 6) is 1.02. The molecule has 21 heavy (non-hydrogen) atoms. The number of piperidine rings is 1. The van der Waals surface area contributed by atoms with Gasteiger partial charge in [-0.05, 0) is 51.9 Å². The second-order valence-corrected chi connectivity index (χ2v) is 5.89. The molecule has 1 aromatic rings. The zero-order valence-corrected chi connectivity index (χ0v) is 13.6. The Hall–Kier alpha value is -1.06. The second-order valence-electron chi connectivity index (χ2n) is 5.89. The number of rotatable bonds is 8. The van der Waals surface area contributed by atoms with Crippen molar-refractivity contribution in [2.45, 2.75) is 52.1 Å². The van der Waals surface area contributed by atoms with E-state index in [4.69, 9.17) is 4.74 Å². The molecular weight excluding hydrogens is 260 g/mol. The van der Waals surface area contributed by atoms with Crippen LogP contribution in [0.1, 0.15) is 45.1 Å². The lowest BCUT2D eigenvalue weighted by molar-refractivity contribution is 0.194. The van der Waals surface area contributed by atoms with Crippen LogP contribution in [-0.4, -0.2) is 37.2 Å². The van der Waals surface area contributed by atoms with Crippen LogP contribution >= 0.6 is 0 Å². The lowest BCUT2D eigenvalue weighted by Crippen LogP contribution is -2.42. The van der Waals surface area contributed by atoms with E-state index in [-0.39, 0.29) is 0 Å². The third-order valence-electron chi connectivity index (χ3n) is 4.27. The maximum absolute atomic E-state index is 5.69. The van der Waals surface area contributed by atoms with Crippen molar-refractivity contribution in [3.63, 3.8) is 0 Å². The molecule has 0 aliphatic carbocycles. The first-order chi connectivity index (χ1) is 10.3. The summed E-state index contributed by atoms with van der Waals surface area (Å²) >= 11 is 0. The fraction of sp³-hybridized carbons (Fsp3) is 0.667. The molecule has 118 valence electrons. The monoisotopic (exact) mass is 290 g/mol. The maximum atomic E-state index is 5.69. The Labute approximate surface area is 129 Å². The first-order valence-electron chi connectivity index (χ1n) is 8.50. The van der Waals surface area contributed by atoms with Crippen molar-refractivity contribution < 1.29 is 4.74 Å². The Bertz CT molecular complexity index is 400. The van der Waals surface area contributed by atoms with Gasteiger partial charge >= 0.3 is 0 Å². The van der Waals surface area contributed by atoms with E-state index in [0.29, 0.717) is 6.04 Å². The number of hydrogen-bond donors (Lipinski definition) is 1. The Morgan fingerprint density at radius 3 is 2.67 bits per heavy atom. The summed E-state index contributed by atoms with van der Waals surface area (Å²) in [7, 11) is 0. The molecule has 1 saturated heterocycles. The van der Waals surface area contributed by atoms with Crippen molar-refractivity contribution in [3.05, 3.63) is 29.8 Å². The number of likely N-dealkylation sites (tertiary alicyclic amines) is 1. The Balaban J connectivity index is 1.74. The maximum Gasteiger partial charge on any atom is 0.123 e. The number of para-hydroxylation sites is 1. The number of benzene rings is 1. The highest BCUT2D eigenvalue weighted by Crippen LogP contribution is 2.19. The van der Waals surface area contributed by atoms with Gasteiger partial charge in [-0.25, -0.2) is 0 Å². The summed E-state index contributed by atoms with van der Waals surface area (Å²) in [6.07, 6.45) is 5.16.